The van der Waals surface area contributed by atoms with Crippen molar-refractivity contribution < 1.29 is 19.2 Å². The van der Waals surface area contributed by atoms with Gasteiger partial charge in [-0.2, -0.15) is 0 Å². The third-order valence-electron chi connectivity index (χ3n) is 3.32. The molecule has 0 saturated carbocycles. The van der Waals surface area contributed by atoms with Crippen LogP contribution in [-0.2, 0) is 11.2 Å². The van der Waals surface area contributed by atoms with E-state index in [-0.39, 0.29) is 17.9 Å². The molecule has 1 aromatic heterocycles. The molecule has 0 fully saturated rings. The van der Waals surface area contributed by atoms with Crippen LogP contribution in [-0.4, -0.2) is 23.4 Å². The number of carbonyl (C=O) groups is 2. The van der Waals surface area contributed by atoms with E-state index in [1.807, 2.05) is 6.92 Å². The standard InChI is InChI=1S/C17H18N2O5S/c1-3-6-13-10-14(17(21)24-4-2)16(25-13)18-15(20)11-7-5-8-12(9-11)19(22)23/h5,7-10H,3-4,6H2,1-2H3,(H,18,20). The van der Waals surface area contributed by atoms with Gasteiger partial charge < -0.3 is 10.1 Å². The van der Waals surface area contributed by atoms with Crippen LogP contribution in [0.3, 0.4) is 0 Å². The number of carbonyl (C=O) groups excluding carboxylic acids is 2. The van der Waals surface area contributed by atoms with E-state index in [0.717, 1.165) is 17.7 Å². The van der Waals surface area contributed by atoms with Gasteiger partial charge in [0.25, 0.3) is 11.6 Å². The fourth-order valence-electron chi connectivity index (χ4n) is 2.20. The van der Waals surface area contributed by atoms with Gasteiger partial charge in [-0.15, -0.1) is 11.3 Å². The molecule has 0 bridgehead atoms. The molecule has 7 nitrogen and oxygen atoms in total. The van der Waals surface area contributed by atoms with Gasteiger partial charge in [0, 0.05) is 22.6 Å². The van der Waals surface area contributed by atoms with Crippen LogP contribution >= 0.6 is 11.3 Å². The largest absolute Gasteiger partial charge is 0.462 e. The van der Waals surface area contributed by atoms with Gasteiger partial charge >= 0.3 is 5.97 Å². The lowest BCUT2D eigenvalue weighted by molar-refractivity contribution is -0.384. The highest BCUT2D eigenvalue weighted by molar-refractivity contribution is 7.16. The van der Waals surface area contributed by atoms with Crippen molar-refractivity contribution in [3.05, 3.63) is 56.5 Å². The average Bonchev–Trinajstić information content (AvgIpc) is 2.98. The monoisotopic (exact) mass is 362 g/mol. The Bertz CT molecular complexity index is 800. The maximum absolute atomic E-state index is 12.4. The normalized spacial score (nSPS) is 10.3. The summed E-state index contributed by atoms with van der Waals surface area (Å²) in [5, 5.41) is 13.9. The van der Waals surface area contributed by atoms with Crippen molar-refractivity contribution in [3.63, 3.8) is 0 Å². The van der Waals surface area contributed by atoms with E-state index in [1.165, 1.54) is 35.6 Å². The molecule has 1 aromatic carbocycles. The molecule has 2 rings (SSSR count). The van der Waals surface area contributed by atoms with E-state index in [9.17, 15) is 19.7 Å². The minimum atomic E-state index is -0.564. The van der Waals surface area contributed by atoms with Gasteiger partial charge in [-0.05, 0) is 25.5 Å². The molecule has 8 heteroatoms. The van der Waals surface area contributed by atoms with E-state index < -0.39 is 16.8 Å². The number of nitrogens with one attached hydrogen (secondary N) is 1. The number of aryl methyl sites for hydroxylation is 1. The van der Waals surface area contributed by atoms with Crippen molar-refractivity contribution in [3.8, 4) is 0 Å². The highest BCUT2D eigenvalue weighted by atomic mass is 32.1. The number of hydrogen-bond donors (Lipinski definition) is 1. The van der Waals surface area contributed by atoms with Crippen LogP contribution in [0.1, 0.15) is 45.9 Å². The van der Waals surface area contributed by atoms with Crippen LogP contribution in [0.4, 0.5) is 10.7 Å². The van der Waals surface area contributed by atoms with Crippen LogP contribution in [0, 0.1) is 10.1 Å². The summed E-state index contributed by atoms with van der Waals surface area (Å²) in [5.74, 6) is -1.02. The summed E-state index contributed by atoms with van der Waals surface area (Å²) >= 11 is 1.31. The lowest BCUT2D eigenvalue weighted by Crippen LogP contribution is -2.14. The molecule has 0 unspecified atom stereocenters. The Hall–Kier alpha value is -2.74. The Kier molecular flexibility index (Phi) is 6.24. The zero-order valence-electron chi connectivity index (χ0n) is 13.9. The first-order valence-corrected chi connectivity index (χ1v) is 8.63. The van der Waals surface area contributed by atoms with Gasteiger partial charge in [0.2, 0.25) is 0 Å². The maximum atomic E-state index is 12.4. The molecule has 0 aliphatic rings. The Morgan fingerprint density at radius 2 is 2.04 bits per heavy atom. The van der Waals surface area contributed by atoms with Crippen LogP contribution in [0.2, 0.25) is 0 Å². The Morgan fingerprint density at radius 3 is 2.68 bits per heavy atom. The molecular weight excluding hydrogens is 344 g/mol. The predicted octanol–water partition coefficient (Wildman–Crippen LogP) is 4.04. The first kappa shape index (κ1) is 18.6. The third kappa shape index (κ3) is 4.63. The average molecular weight is 362 g/mol. The van der Waals surface area contributed by atoms with Gasteiger partial charge in [0.05, 0.1) is 17.1 Å². The number of anilines is 1. The Labute approximate surface area is 148 Å². The predicted molar refractivity (Wildman–Crippen MR) is 95.3 cm³/mol. The number of non-ortho nitro benzene ring substituents is 1. The zero-order chi connectivity index (χ0) is 18.4. The molecule has 0 radical (unpaired) electrons. The van der Waals surface area contributed by atoms with Crippen molar-refractivity contribution in [2.45, 2.75) is 26.7 Å². The minimum absolute atomic E-state index is 0.148. The lowest BCUT2D eigenvalue weighted by atomic mass is 10.2. The number of nitro groups is 1. The van der Waals surface area contributed by atoms with E-state index in [1.54, 1.807) is 13.0 Å². The molecule has 0 atom stereocenters. The summed E-state index contributed by atoms with van der Waals surface area (Å²) in [6.07, 6.45) is 1.69. The van der Waals surface area contributed by atoms with E-state index in [0.29, 0.717) is 10.6 Å². The van der Waals surface area contributed by atoms with Gasteiger partial charge in [0.1, 0.15) is 5.00 Å². The van der Waals surface area contributed by atoms with Crippen molar-refractivity contribution in [1.29, 1.82) is 0 Å². The van der Waals surface area contributed by atoms with Gasteiger partial charge in [-0.25, -0.2) is 4.79 Å². The smallest absolute Gasteiger partial charge is 0.341 e. The van der Waals surface area contributed by atoms with Crippen LogP contribution in [0.15, 0.2) is 30.3 Å². The second-order valence-electron chi connectivity index (χ2n) is 5.19. The summed E-state index contributed by atoms with van der Waals surface area (Å²) in [4.78, 5) is 35.7. The molecule has 1 N–H and O–H groups in total. The van der Waals surface area contributed by atoms with E-state index in [2.05, 4.69) is 5.32 Å². The number of esters is 1. The van der Waals surface area contributed by atoms with Crippen molar-refractivity contribution in [2.75, 3.05) is 11.9 Å². The fraction of sp³-hybridized carbons (Fsp3) is 0.294. The number of thiophene rings is 1. The number of hydrogen-bond acceptors (Lipinski definition) is 6. The molecule has 0 spiro atoms. The summed E-state index contributed by atoms with van der Waals surface area (Å²) in [7, 11) is 0. The number of benzene rings is 1. The number of nitro benzene ring substituents is 1. The molecule has 0 aliphatic carbocycles. The van der Waals surface area contributed by atoms with Crippen molar-refractivity contribution in [2.24, 2.45) is 0 Å². The topological polar surface area (TPSA) is 98.5 Å². The SMILES string of the molecule is CCCc1cc(C(=O)OCC)c(NC(=O)c2cccc([N+](=O)[O-])c2)s1. The first-order chi connectivity index (χ1) is 12.0. The summed E-state index contributed by atoms with van der Waals surface area (Å²) in [6.45, 7) is 3.96. The Morgan fingerprint density at radius 1 is 1.28 bits per heavy atom. The first-order valence-electron chi connectivity index (χ1n) is 7.81. The summed E-state index contributed by atoms with van der Waals surface area (Å²) in [5.41, 5.74) is 0.277. The Balaban J connectivity index is 2.28. The fourth-order valence-corrected chi connectivity index (χ4v) is 3.34. The van der Waals surface area contributed by atoms with Gasteiger partial charge in [-0.3, -0.25) is 14.9 Å². The maximum Gasteiger partial charge on any atom is 0.341 e. The highest BCUT2D eigenvalue weighted by Crippen LogP contribution is 2.30. The number of amides is 1. The second kappa shape index (κ2) is 8.39. The van der Waals surface area contributed by atoms with Crippen LogP contribution < -0.4 is 5.32 Å². The molecule has 1 amide bonds. The second-order valence-corrected chi connectivity index (χ2v) is 6.32. The lowest BCUT2D eigenvalue weighted by Gasteiger charge is -2.06. The van der Waals surface area contributed by atoms with Gasteiger partial charge in [0.15, 0.2) is 0 Å². The molecule has 132 valence electrons. The molecule has 2 aromatic rings. The summed E-state index contributed by atoms with van der Waals surface area (Å²) < 4.78 is 5.03. The third-order valence-corrected chi connectivity index (χ3v) is 4.43. The van der Waals surface area contributed by atoms with Gasteiger partial charge in [-0.1, -0.05) is 19.4 Å². The molecule has 0 saturated heterocycles. The van der Waals surface area contributed by atoms with Crippen LogP contribution in [0.5, 0.6) is 0 Å². The van der Waals surface area contributed by atoms with E-state index in [4.69, 9.17) is 4.74 Å². The summed E-state index contributed by atoms with van der Waals surface area (Å²) in [6, 6.07) is 7.14. The zero-order valence-corrected chi connectivity index (χ0v) is 14.7. The van der Waals surface area contributed by atoms with Crippen LogP contribution in [0.25, 0.3) is 0 Å². The molecule has 0 aliphatic heterocycles. The number of nitrogens with zero attached hydrogens (tertiary/aromatic N) is 1. The quantitative estimate of drug-likeness (QED) is 0.455. The number of rotatable bonds is 7. The molecule has 25 heavy (non-hydrogen) atoms. The molecular formula is C17H18N2O5S. The van der Waals surface area contributed by atoms with E-state index >= 15 is 0 Å². The highest BCUT2D eigenvalue weighted by Gasteiger charge is 2.20. The van der Waals surface area contributed by atoms with Crippen molar-refractivity contribution in [1.82, 2.24) is 0 Å². The minimum Gasteiger partial charge on any atom is -0.462 e. The molecule has 1 heterocycles. The van der Waals surface area contributed by atoms with Crippen molar-refractivity contribution >= 4 is 33.9 Å². The number of ether oxygens (including phenoxy) is 1.